The van der Waals surface area contributed by atoms with Gasteiger partial charge in [0.1, 0.15) is 5.75 Å². The van der Waals surface area contributed by atoms with Crippen molar-refractivity contribution in [3.05, 3.63) is 95.6 Å². The number of benzene rings is 3. The Kier molecular flexibility index (Phi) is 6.80. The molecule has 4 heteroatoms. The molecule has 4 nitrogen and oxygen atoms in total. The van der Waals surface area contributed by atoms with Gasteiger partial charge >= 0.3 is 0 Å². The van der Waals surface area contributed by atoms with Gasteiger partial charge in [-0.05, 0) is 37.1 Å². The van der Waals surface area contributed by atoms with Crippen LogP contribution in [-0.4, -0.2) is 17.8 Å². The average Bonchev–Trinajstić information content (AvgIpc) is 2.74. The third kappa shape index (κ3) is 5.32. The van der Waals surface area contributed by atoms with E-state index < -0.39 is 6.10 Å². The quantitative estimate of drug-likeness (QED) is 0.506. The van der Waals surface area contributed by atoms with Crippen LogP contribution in [0.4, 0.5) is 5.69 Å². The number of anilines is 1. The molecule has 1 amide bonds. The van der Waals surface area contributed by atoms with Crippen molar-refractivity contribution in [2.24, 2.45) is 0 Å². The predicted molar refractivity (Wildman–Crippen MR) is 116 cm³/mol. The highest BCUT2D eigenvalue weighted by Crippen LogP contribution is 2.22. The van der Waals surface area contributed by atoms with E-state index in [1.807, 2.05) is 50.2 Å². The largest absolute Gasteiger partial charge is 0.482 e. The van der Waals surface area contributed by atoms with Gasteiger partial charge in [0.2, 0.25) is 5.78 Å². The number of ketones is 1. The Morgan fingerprint density at radius 3 is 2.38 bits per heavy atom. The lowest BCUT2D eigenvalue weighted by atomic mass is 10.0. The zero-order chi connectivity index (χ0) is 20.6. The van der Waals surface area contributed by atoms with E-state index in [1.54, 1.807) is 42.5 Å². The Labute approximate surface area is 171 Å². The van der Waals surface area contributed by atoms with Crippen molar-refractivity contribution in [3.63, 3.8) is 0 Å². The summed E-state index contributed by atoms with van der Waals surface area (Å²) in [7, 11) is 0. The summed E-state index contributed by atoms with van der Waals surface area (Å²) >= 11 is 0. The van der Waals surface area contributed by atoms with Gasteiger partial charge in [0.25, 0.3) is 5.91 Å². The van der Waals surface area contributed by atoms with Crippen molar-refractivity contribution >= 4 is 17.4 Å². The minimum Gasteiger partial charge on any atom is -0.482 e. The van der Waals surface area contributed by atoms with Gasteiger partial charge in [0, 0.05) is 22.9 Å². The molecule has 0 aliphatic rings. The molecule has 0 heterocycles. The van der Waals surface area contributed by atoms with Gasteiger partial charge in [-0.15, -0.1) is 0 Å². The first-order chi connectivity index (χ1) is 14.1. The van der Waals surface area contributed by atoms with E-state index in [0.29, 0.717) is 29.0 Å². The van der Waals surface area contributed by atoms with Crippen LogP contribution in [0.1, 0.15) is 46.0 Å². The maximum Gasteiger partial charge on any atom is 0.255 e. The second-order valence-electron chi connectivity index (χ2n) is 6.92. The molecule has 148 valence electrons. The van der Waals surface area contributed by atoms with Crippen LogP contribution in [0.15, 0.2) is 78.9 Å². The van der Waals surface area contributed by atoms with Crippen molar-refractivity contribution in [2.45, 2.75) is 32.8 Å². The molecule has 1 unspecified atom stereocenters. The molecular weight excluding hydrogens is 362 g/mol. The molecule has 0 bridgehead atoms. The summed E-state index contributed by atoms with van der Waals surface area (Å²) in [6.07, 6.45) is 0.880. The monoisotopic (exact) mass is 387 g/mol. The highest BCUT2D eigenvalue weighted by molar-refractivity contribution is 6.05. The molecule has 1 N–H and O–H groups in total. The van der Waals surface area contributed by atoms with Crippen molar-refractivity contribution in [1.82, 2.24) is 0 Å². The van der Waals surface area contributed by atoms with Crippen molar-refractivity contribution in [1.29, 1.82) is 0 Å². The molecule has 0 aliphatic carbocycles. The fraction of sp³-hybridized carbons (Fsp3) is 0.200. The number of Topliss-reactive ketones (excluding diaryl/α,β-unsaturated/α-hetero) is 1. The Bertz CT molecular complexity index is 982. The van der Waals surface area contributed by atoms with Crippen LogP contribution in [-0.2, 0) is 0 Å². The van der Waals surface area contributed by atoms with E-state index in [-0.39, 0.29) is 11.7 Å². The van der Waals surface area contributed by atoms with Gasteiger partial charge in [-0.25, -0.2) is 0 Å². The zero-order valence-electron chi connectivity index (χ0n) is 16.7. The molecule has 3 rings (SSSR count). The summed E-state index contributed by atoms with van der Waals surface area (Å²) in [5, 5.41) is 2.90. The number of nitrogens with one attached hydrogen (secondary N) is 1. The SMILES string of the molecule is CCCC(Oc1cccc(NC(=O)c2ccccc2C)c1)C(=O)c1ccccc1. The lowest BCUT2D eigenvalue weighted by Gasteiger charge is -2.18. The lowest BCUT2D eigenvalue weighted by Crippen LogP contribution is -2.27. The number of carbonyl (C=O) groups is 2. The number of amides is 1. The third-order valence-corrected chi connectivity index (χ3v) is 4.66. The van der Waals surface area contributed by atoms with E-state index in [9.17, 15) is 9.59 Å². The normalized spacial score (nSPS) is 11.5. The Balaban J connectivity index is 1.74. The highest BCUT2D eigenvalue weighted by atomic mass is 16.5. The minimum atomic E-state index is -0.565. The van der Waals surface area contributed by atoms with Gasteiger partial charge in [0.05, 0.1) is 0 Å². The van der Waals surface area contributed by atoms with Crippen LogP contribution < -0.4 is 10.1 Å². The number of aryl methyl sites for hydroxylation is 1. The van der Waals surface area contributed by atoms with Crippen LogP contribution in [0.5, 0.6) is 5.75 Å². The number of hydrogen-bond acceptors (Lipinski definition) is 3. The molecule has 0 fully saturated rings. The lowest BCUT2D eigenvalue weighted by molar-refractivity contribution is 0.0777. The maximum atomic E-state index is 12.8. The summed E-state index contributed by atoms with van der Waals surface area (Å²) in [5.74, 6) is 0.336. The molecule has 3 aromatic carbocycles. The molecule has 0 aromatic heterocycles. The van der Waals surface area contributed by atoms with E-state index in [1.165, 1.54) is 0 Å². The molecule has 0 saturated carbocycles. The number of carbonyl (C=O) groups excluding carboxylic acids is 2. The molecule has 0 radical (unpaired) electrons. The fourth-order valence-electron chi connectivity index (χ4n) is 3.13. The summed E-state index contributed by atoms with van der Waals surface area (Å²) in [4.78, 5) is 25.4. The molecule has 29 heavy (non-hydrogen) atoms. The first-order valence-corrected chi connectivity index (χ1v) is 9.81. The van der Waals surface area contributed by atoms with Gasteiger partial charge in [-0.2, -0.15) is 0 Å². The first-order valence-electron chi connectivity index (χ1n) is 9.81. The second-order valence-corrected chi connectivity index (χ2v) is 6.92. The predicted octanol–water partition coefficient (Wildman–Crippen LogP) is 5.68. The topological polar surface area (TPSA) is 55.4 Å². The van der Waals surface area contributed by atoms with Crippen LogP contribution in [0, 0.1) is 6.92 Å². The van der Waals surface area contributed by atoms with Crippen LogP contribution in [0.25, 0.3) is 0 Å². The van der Waals surface area contributed by atoms with Crippen molar-refractivity contribution in [3.8, 4) is 5.75 Å². The average molecular weight is 387 g/mol. The Morgan fingerprint density at radius 2 is 1.66 bits per heavy atom. The molecule has 0 saturated heterocycles. The minimum absolute atomic E-state index is 0.0400. The highest BCUT2D eigenvalue weighted by Gasteiger charge is 2.21. The smallest absolute Gasteiger partial charge is 0.255 e. The van der Waals surface area contributed by atoms with Crippen molar-refractivity contribution in [2.75, 3.05) is 5.32 Å². The van der Waals surface area contributed by atoms with E-state index in [2.05, 4.69) is 5.32 Å². The standard InChI is InChI=1S/C25H25NO3/c1-3-10-23(24(27)19-12-5-4-6-13-19)29-21-15-9-14-20(17-21)26-25(28)22-16-8-7-11-18(22)2/h4-9,11-17,23H,3,10H2,1-2H3,(H,26,28). The Morgan fingerprint density at radius 1 is 0.931 bits per heavy atom. The zero-order valence-corrected chi connectivity index (χ0v) is 16.7. The fourth-order valence-corrected chi connectivity index (χ4v) is 3.13. The van der Waals surface area contributed by atoms with Gasteiger partial charge in [-0.1, -0.05) is 67.9 Å². The van der Waals surface area contributed by atoms with Gasteiger partial charge in [0.15, 0.2) is 6.10 Å². The van der Waals surface area contributed by atoms with Crippen LogP contribution in [0.3, 0.4) is 0 Å². The number of ether oxygens (including phenoxy) is 1. The van der Waals surface area contributed by atoms with Crippen LogP contribution in [0.2, 0.25) is 0 Å². The van der Waals surface area contributed by atoms with E-state index >= 15 is 0 Å². The molecule has 0 spiro atoms. The first kappa shape index (κ1) is 20.3. The number of hydrogen-bond donors (Lipinski definition) is 1. The van der Waals surface area contributed by atoms with Crippen molar-refractivity contribution < 1.29 is 14.3 Å². The molecule has 0 aliphatic heterocycles. The number of rotatable bonds is 8. The Hall–Kier alpha value is -3.40. The summed E-state index contributed by atoms with van der Waals surface area (Å²) in [5.41, 5.74) is 2.80. The van der Waals surface area contributed by atoms with Gasteiger partial charge < -0.3 is 10.1 Å². The molecule has 3 aromatic rings. The molecular formula is C25H25NO3. The van der Waals surface area contributed by atoms with E-state index in [0.717, 1.165) is 12.0 Å². The van der Waals surface area contributed by atoms with Gasteiger partial charge in [-0.3, -0.25) is 9.59 Å². The summed E-state index contributed by atoms with van der Waals surface area (Å²) in [6.45, 7) is 3.92. The second kappa shape index (κ2) is 9.69. The third-order valence-electron chi connectivity index (χ3n) is 4.66. The summed E-state index contributed by atoms with van der Waals surface area (Å²) < 4.78 is 6.02. The maximum absolute atomic E-state index is 12.8. The van der Waals surface area contributed by atoms with E-state index in [4.69, 9.17) is 4.74 Å². The molecule has 1 atom stereocenters. The summed E-state index contributed by atoms with van der Waals surface area (Å²) in [6, 6.07) is 23.8. The van der Waals surface area contributed by atoms with Crippen LogP contribution >= 0.6 is 0 Å².